The molecule has 4 rings (SSSR count). The minimum absolute atomic E-state index is 0.0417. The number of hydrogen-bond acceptors (Lipinski definition) is 7. The van der Waals surface area contributed by atoms with E-state index in [9.17, 15) is 14.9 Å². The Morgan fingerprint density at radius 1 is 1.17 bits per heavy atom. The summed E-state index contributed by atoms with van der Waals surface area (Å²) < 4.78 is 12.6. The zero-order chi connectivity index (χ0) is 21.3. The molecule has 9 heteroatoms. The number of aryl methyl sites for hydroxylation is 1. The second-order valence-electron chi connectivity index (χ2n) is 6.54. The highest BCUT2D eigenvalue weighted by atomic mass is 32.1. The zero-order valence-corrected chi connectivity index (χ0v) is 17.0. The van der Waals surface area contributed by atoms with E-state index in [0.29, 0.717) is 27.7 Å². The van der Waals surface area contributed by atoms with Gasteiger partial charge >= 0.3 is 0 Å². The van der Waals surface area contributed by atoms with Crippen LogP contribution in [0, 0.1) is 17.0 Å². The van der Waals surface area contributed by atoms with E-state index in [0.717, 1.165) is 11.3 Å². The van der Waals surface area contributed by atoms with Crippen molar-refractivity contribution in [3.63, 3.8) is 0 Å². The van der Waals surface area contributed by atoms with E-state index in [1.807, 2.05) is 12.3 Å². The summed E-state index contributed by atoms with van der Waals surface area (Å²) in [6, 6.07) is 13.0. The number of hydrogen-bond donors (Lipinski definition) is 0. The van der Waals surface area contributed by atoms with Gasteiger partial charge in [0, 0.05) is 34.8 Å². The summed E-state index contributed by atoms with van der Waals surface area (Å²) >= 11 is 1.38. The number of methoxy groups -OCH3 is 1. The summed E-state index contributed by atoms with van der Waals surface area (Å²) in [5, 5.41) is 13.1. The summed E-state index contributed by atoms with van der Waals surface area (Å²) in [5.41, 5.74) is 2.41. The average molecular weight is 423 g/mol. The van der Waals surface area contributed by atoms with Gasteiger partial charge in [-0.2, -0.15) is 0 Å². The molecule has 0 aliphatic rings. The Labute approximate surface area is 175 Å². The Morgan fingerprint density at radius 2 is 1.93 bits per heavy atom. The number of non-ortho nitro benzene ring substituents is 1. The van der Waals surface area contributed by atoms with Crippen molar-refractivity contribution < 1.29 is 14.4 Å². The standard InChI is InChI=1S/C21H17N3O5S/c1-13-12-30-21-22-15(9-20(25)23(13)21)11-29-19-8-5-16(24(26)27)10-18(19)14-3-6-17(28-2)7-4-14/h3-10,12H,11H2,1-2H3. The SMILES string of the molecule is COc1ccc(-c2cc([N+](=O)[O-])ccc2OCc2cc(=O)n3c(C)csc3n2)cc1. The van der Waals surface area contributed by atoms with E-state index >= 15 is 0 Å². The van der Waals surface area contributed by atoms with E-state index in [1.54, 1.807) is 41.8 Å². The maximum Gasteiger partial charge on any atom is 0.270 e. The number of nitrogens with zero attached hydrogens (tertiary/aromatic N) is 3. The van der Waals surface area contributed by atoms with Gasteiger partial charge in [0.25, 0.3) is 11.2 Å². The molecule has 2 aromatic heterocycles. The predicted molar refractivity (Wildman–Crippen MR) is 113 cm³/mol. The maximum atomic E-state index is 12.3. The van der Waals surface area contributed by atoms with Crippen LogP contribution in [-0.2, 0) is 6.61 Å². The molecule has 30 heavy (non-hydrogen) atoms. The van der Waals surface area contributed by atoms with Crippen LogP contribution in [0.15, 0.2) is 58.7 Å². The number of nitro benzene ring substituents is 1. The summed E-state index contributed by atoms with van der Waals surface area (Å²) in [4.78, 5) is 28.2. The van der Waals surface area contributed by atoms with Gasteiger partial charge in [-0.1, -0.05) is 12.1 Å². The number of thiazole rings is 1. The van der Waals surface area contributed by atoms with Gasteiger partial charge in [-0.25, -0.2) is 4.98 Å². The molecule has 2 aromatic carbocycles. The van der Waals surface area contributed by atoms with Crippen LogP contribution in [-0.4, -0.2) is 21.4 Å². The highest BCUT2D eigenvalue weighted by molar-refractivity contribution is 7.15. The molecule has 0 unspecified atom stereocenters. The van der Waals surface area contributed by atoms with Crippen molar-refractivity contribution in [3.8, 4) is 22.6 Å². The van der Waals surface area contributed by atoms with Crippen LogP contribution < -0.4 is 15.0 Å². The first kappa shape index (κ1) is 19.6. The van der Waals surface area contributed by atoms with Gasteiger partial charge in [-0.3, -0.25) is 19.3 Å². The molecular weight excluding hydrogens is 406 g/mol. The summed E-state index contributed by atoms with van der Waals surface area (Å²) in [7, 11) is 1.57. The maximum absolute atomic E-state index is 12.3. The van der Waals surface area contributed by atoms with Crippen molar-refractivity contribution in [2.24, 2.45) is 0 Å². The summed E-state index contributed by atoms with van der Waals surface area (Å²) in [5.74, 6) is 1.13. The molecule has 0 saturated carbocycles. The fraction of sp³-hybridized carbons (Fsp3) is 0.143. The Bertz CT molecular complexity index is 1290. The van der Waals surface area contributed by atoms with Crippen LogP contribution in [0.4, 0.5) is 5.69 Å². The molecule has 0 atom stereocenters. The number of fused-ring (bicyclic) bond motifs is 1. The zero-order valence-electron chi connectivity index (χ0n) is 16.2. The predicted octanol–water partition coefficient (Wildman–Crippen LogP) is 4.23. The Balaban J connectivity index is 1.68. The second-order valence-corrected chi connectivity index (χ2v) is 7.37. The molecule has 0 aliphatic carbocycles. The van der Waals surface area contributed by atoms with Gasteiger partial charge in [0.2, 0.25) is 0 Å². The second kappa shape index (κ2) is 7.96. The van der Waals surface area contributed by atoms with Crippen molar-refractivity contribution in [3.05, 3.63) is 85.8 Å². The summed E-state index contributed by atoms with van der Waals surface area (Å²) in [6.07, 6.45) is 0. The first-order chi connectivity index (χ1) is 14.5. The van der Waals surface area contributed by atoms with Crippen LogP contribution in [0.2, 0.25) is 0 Å². The summed E-state index contributed by atoms with van der Waals surface area (Å²) in [6.45, 7) is 1.91. The molecule has 2 heterocycles. The number of aromatic nitrogens is 2. The minimum Gasteiger partial charge on any atom is -0.497 e. The van der Waals surface area contributed by atoms with Crippen molar-refractivity contribution >= 4 is 22.0 Å². The van der Waals surface area contributed by atoms with Gasteiger partial charge in [-0.15, -0.1) is 11.3 Å². The lowest BCUT2D eigenvalue weighted by molar-refractivity contribution is -0.384. The van der Waals surface area contributed by atoms with E-state index in [-0.39, 0.29) is 17.9 Å². The molecule has 8 nitrogen and oxygen atoms in total. The van der Waals surface area contributed by atoms with E-state index in [1.165, 1.54) is 29.5 Å². The molecule has 152 valence electrons. The largest absolute Gasteiger partial charge is 0.497 e. The van der Waals surface area contributed by atoms with Crippen molar-refractivity contribution in [2.75, 3.05) is 7.11 Å². The van der Waals surface area contributed by atoms with Gasteiger partial charge < -0.3 is 9.47 Å². The molecule has 0 amide bonds. The Morgan fingerprint density at radius 3 is 2.63 bits per heavy atom. The smallest absolute Gasteiger partial charge is 0.270 e. The van der Waals surface area contributed by atoms with Gasteiger partial charge in [0.1, 0.15) is 18.1 Å². The normalized spacial score (nSPS) is 10.9. The molecule has 0 saturated heterocycles. The van der Waals surface area contributed by atoms with E-state index < -0.39 is 4.92 Å². The van der Waals surface area contributed by atoms with E-state index in [4.69, 9.17) is 9.47 Å². The lowest BCUT2D eigenvalue weighted by Gasteiger charge is -2.12. The third-order valence-corrected chi connectivity index (χ3v) is 5.52. The topological polar surface area (TPSA) is 96.0 Å². The van der Waals surface area contributed by atoms with E-state index in [2.05, 4.69) is 4.98 Å². The molecule has 0 radical (unpaired) electrons. The van der Waals surface area contributed by atoms with Crippen LogP contribution in [0.25, 0.3) is 16.1 Å². The number of rotatable bonds is 6. The number of benzene rings is 2. The highest BCUT2D eigenvalue weighted by Gasteiger charge is 2.15. The highest BCUT2D eigenvalue weighted by Crippen LogP contribution is 2.34. The third-order valence-electron chi connectivity index (χ3n) is 4.58. The van der Waals surface area contributed by atoms with Crippen LogP contribution in [0.3, 0.4) is 0 Å². The molecule has 4 aromatic rings. The molecule has 0 bridgehead atoms. The van der Waals surface area contributed by atoms with Crippen LogP contribution in [0.1, 0.15) is 11.4 Å². The third kappa shape index (κ3) is 3.74. The fourth-order valence-electron chi connectivity index (χ4n) is 3.08. The monoisotopic (exact) mass is 423 g/mol. The van der Waals surface area contributed by atoms with Crippen LogP contribution in [0.5, 0.6) is 11.5 Å². The van der Waals surface area contributed by atoms with Gasteiger partial charge in [-0.05, 0) is 30.7 Å². The number of nitro groups is 1. The van der Waals surface area contributed by atoms with Crippen molar-refractivity contribution in [1.29, 1.82) is 0 Å². The quantitative estimate of drug-likeness (QED) is 0.340. The lowest BCUT2D eigenvalue weighted by atomic mass is 10.0. The Hall–Kier alpha value is -3.72. The molecule has 0 aliphatic heterocycles. The first-order valence-corrected chi connectivity index (χ1v) is 9.86. The molecule has 0 spiro atoms. The first-order valence-electron chi connectivity index (χ1n) is 8.98. The minimum atomic E-state index is -0.452. The molecule has 0 fully saturated rings. The van der Waals surface area contributed by atoms with Gasteiger partial charge in [0.15, 0.2) is 4.96 Å². The van der Waals surface area contributed by atoms with Crippen molar-refractivity contribution in [2.45, 2.75) is 13.5 Å². The molecule has 0 N–H and O–H groups in total. The molecular formula is C21H17N3O5S. The Kier molecular flexibility index (Phi) is 5.20. The lowest BCUT2D eigenvalue weighted by Crippen LogP contribution is -2.16. The van der Waals surface area contributed by atoms with Crippen LogP contribution >= 0.6 is 11.3 Å². The fourth-order valence-corrected chi connectivity index (χ4v) is 3.97. The van der Waals surface area contributed by atoms with Crippen molar-refractivity contribution in [1.82, 2.24) is 9.38 Å². The average Bonchev–Trinajstić information content (AvgIpc) is 3.13. The number of ether oxygens (including phenoxy) is 2. The van der Waals surface area contributed by atoms with Gasteiger partial charge in [0.05, 0.1) is 17.7 Å².